The molecule has 2 amide bonds. The number of carbonyl (C=O) groups excluding carboxylic acids is 2. The van der Waals surface area contributed by atoms with Gasteiger partial charge in [0.1, 0.15) is 0 Å². The van der Waals surface area contributed by atoms with Crippen molar-refractivity contribution >= 4 is 17.5 Å². The molecule has 1 spiro atoms. The summed E-state index contributed by atoms with van der Waals surface area (Å²) in [6.07, 6.45) is 1.96. The summed E-state index contributed by atoms with van der Waals surface area (Å²) in [7, 11) is 0. The Morgan fingerprint density at radius 3 is 2.59 bits per heavy atom. The third-order valence-electron chi connectivity index (χ3n) is 6.79. The Hall–Kier alpha value is -3.67. The molecule has 2 aromatic carbocycles. The number of fused-ring (bicyclic) bond motifs is 2. The van der Waals surface area contributed by atoms with Crippen LogP contribution in [0.4, 0.5) is 5.69 Å². The number of carbonyl (C=O) groups is 2. The van der Waals surface area contributed by atoms with Crippen molar-refractivity contribution < 1.29 is 9.59 Å². The number of rotatable bonds is 4. The third kappa shape index (κ3) is 3.23. The minimum absolute atomic E-state index is 0.0471. The average molecular weight is 428 g/mol. The van der Waals surface area contributed by atoms with Gasteiger partial charge < -0.3 is 15.2 Å². The molecule has 0 radical (unpaired) electrons. The highest BCUT2D eigenvalue weighted by molar-refractivity contribution is 6.08. The molecule has 6 nitrogen and oxygen atoms in total. The molecule has 5 rings (SSSR count). The summed E-state index contributed by atoms with van der Waals surface area (Å²) in [6.45, 7) is 2.23. The van der Waals surface area contributed by atoms with Crippen LogP contribution in [0.25, 0.3) is 0 Å². The number of H-pyrrole nitrogens is 1. The van der Waals surface area contributed by atoms with Gasteiger partial charge in [0.25, 0.3) is 5.91 Å². The second kappa shape index (κ2) is 7.79. The van der Waals surface area contributed by atoms with Crippen LogP contribution in [0.2, 0.25) is 0 Å². The van der Waals surface area contributed by atoms with E-state index in [1.54, 1.807) is 17.9 Å². The highest BCUT2D eigenvalue weighted by Crippen LogP contribution is 2.49. The Bertz CT molecular complexity index is 1250. The lowest BCUT2D eigenvalue weighted by atomic mass is 9.73. The van der Waals surface area contributed by atoms with Crippen molar-refractivity contribution in [3.8, 4) is 0 Å². The molecular formula is C26H25N3O3. The molecule has 1 saturated heterocycles. The van der Waals surface area contributed by atoms with Crippen molar-refractivity contribution in [2.45, 2.75) is 37.6 Å². The van der Waals surface area contributed by atoms with Gasteiger partial charge in [0.2, 0.25) is 11.5 Å². The molecule has 162 valence electrons. The van der Waals surface area contributed by atoms with E-state index in [1.807, 2.05) is 42.5 Å². The van der Waals surface area contributed by atoms with Crippen molar-refractivity contribution in [2.24, 2.45) is 0 Å². The van der Waals surface area contributed by atoms with Crippen molar-refractivity contribution in [1.29, 1.82) is 0 Å². The molecule has 6 heteroatoms. The summed E-state index contributed by atoms with van der Waals surface area (Å²) in [4.78, 5) is 43.5. The summed E-state index contributed by atoms with van der Waals surface area (Å²) in [5.74, 6) is -0.250. The lowest BCUT2D eigenvalue weighted by molar-refractivity contribution is -0.121. The number of amides is 2. The van der Waals surface area contributed by atoms with Crippen LogP contribution in [0.1, 0.15) is 40.0 Å². The fourth-order valence-electron chi connectivity index (χ4n) is 5.37. The number of hydrogen-bond donors (Lipinski definition) is 2. The van der Waals surface area contributed by atoms with Crippen LogP contribution >= 0.6 is 0 Å². The zero-order valence-electron chi connectivity index (χ0n) is 17.9. The van der Waals surface area contributed by atoms with Gasteiger partial charge >= 0.3 is 0 Å². The predicted molar refractivity (Wildman–Crippen MR) is 123 cm³/mol. The van der Waals surface area contributed by atoms with E-state index < -0.39 is 5.41 Å². The number of aromatic amines is 1. The normalized spacial score (nSPS) is 21.6. The standard InChI is InChI=1S/C26H25N3O3/c1-17-15-19(16-23(30)27-17)24(31)29-14-13-26(20-9-5-6-10-21(20)28-25(26)32)22(29)12-11-18-7-3-2-4-8-18/h2-10,15-16,22H,11-14H2,1H3,(H,27,30)(H,28,32)/t22-,26-/m0/s1. The number of nitrogens with zero attached hydrogens (tertiary/aromatic N) is 1. The second-order valence-corrected chi connectivity index (χ2v) is 8.68. The molecule has 2 aliphatic heterocycles. The van der Waals surface area contributed by atoms with Crippen LogP contribution in [-0.4, -0.2) is 34.3 Å². The maximum atomic E-state index is 13.6. The number of nitrogens with one attached hydrogen (secondary N) is 2. The average Bonchev–Trinajstić information content (AvgIpc) is 3.30. The van der Waals surface area contributed by atoms with Crippen LogP contribution in [-0.2, 0) is 16.6 Å². The number of aryl methyl sites for hydroxylation is 2. The Kier molecular flexibility index (Phi) is 4.93. The quantitative estimate of drug-likeness (QED) is 0.669. The molecule has 0 saturated carbocycles. The summed E-state index contributed by atoms with van der Waals surface area (Å²) < 4.78 is 0. The zero-order chi connectivity index (χ0) is 22.3. The van der Waals surface area contributed by atoms with Crippen molar-refractivity contribution in [3.63, 3.8) is 0 Å². The van der Waals surface area contributed by atoms with Crippen molar-refractivity contribution in [2.75, 3.05) is 11.9 Å². The predicted octanol–water partition coefficient (Wildman–Crippen LogP) is 3.42. The highest BCUT2D eigenvalue weighted by Gasteiger charge is 2.58. The fraction of sp³-hybridized carbons (Fsp3) is 0.269. The SMILES string of the molecule is Cc1cc(C(=O)N2CC[C@@]3(C(=O)Nc4ccccc43)[C@@H]2CCc2ccccc2)cc(=O)[nH]1. The number of anilines is 1. The van der Waals surface area contributed by atoms with Crippen LogP contribution in [0, 0.1) is 6.92 Å². The molecule has 2 aliphatic rings. The van der Waals surface area contributed by atoms with E-state index in [1.165, 1.54) is 11.6 Å². The van der Waals surface area contributed by atoms with Gasteiger partial charge in [-0.1, -0.05) is 48.5 Å². The Morgan fingerprint density at radius 2 is 1.81 bits per heavy atom. The van der Waals surface area contributed by atoms with Crippen molar-refractivity contribution in [3.05, 3.63) is 99.5 Å². The first-order chi connectivity index (χ1) is 15.5. The Morgan fingerprint density at radius 1 is 1.06 bits per heavy atom. The molecule has 0 unspecified atom stereocenters. The molecule has 1 aromatic heterocycles. The molecule has 3 heterocycles. The smallest absolute Gasteiger partial charge is 0.254 e. The van der Waals surface area contributed by atoms with Gasteiger partial charge in [0.05, 0.1) is 11.5 Å². The van der Waals surface area contributed by atoms with E-state index in [4.69, 9.17) is 0 Å². The van der Waals surface area contributed by atoms with E-state index in [2.05, 4.69) is 22.4 Å². The number of aromatic nitrogens is 1. The minimum Gasteiger partial charge on any atom is -0.334 e. The Labute approximate surface area is 186 Å². The molecular weight excluding hydrogens is 402 g/mol. The fourth-order valence-corrected chi connectivity index (χ4v) is 5.37. The van der Waals surface area contributed by atoms with E-state index in [0.29, 0.717) is 30.6 Å². The van der Waals surface area contributed by atoms with Gasteiger partial charge in [0.15, 0.2) is 0 Å². The van der Waals surface area contributed by atoms with E-state index in [9.17, 15) is 14.4 Å². The molecule has 2 N–H and O–H groups in total. The third-order valence-corrected chi connectivity index (χ3v) is 6.79. The van der Waals surface area contributed by atoms with Gasteiger partial charge in [-0.25, -0.2) is 0 Å². The largest absolute Gasteiger partial charge is 0.334 e. The maximum Gasteiger partial charge on any atom is 0.254 e. The lowest BCUT2D eigenvalue weighted by Crippen LogP contribution is -2.49. The van der Waals surface area contributed by atoms with Gasteiger partial charge in [-0.15, -0.1) is 0 Å². The number of para-hydroxylation sites is 1. The van der Waals surface area contributed by atoms with E-state index in [-0.39, 0.29) is 23.4 Å². The topological polar surface area (TPSA) is 82.3 Å². The summed E-state index contributed by atoms with van der Waals surface area (Å²) in [5.41, 5.74) is 2.87. The monoisotopic (exact) mass is 427 g/mol. The van der Waals surface area contributed by atoms with Gasteiger partial charge in [-0.3, -0.25) is 14.4 Å². The van der Waals surface area contributed by atoms with E-state index >= 15 is 0 Å². The summed E-state index contributed by atoms with van der Waals surface area (Å²) >= 11 is 0. The van der Waals surface area contributed by atoms with Crippen LogP contribution in [0.15, 0.2) is 71.5 Å². The number of benzene rings is 2. The summed E-state index contributed by atoms with van der Waals surface area (Å²) in [6, 6.07) is 20.6. The van der Waals surface area contributed by atoms with Crippen LogP contribution < -0.4 is 10.9 Å². The number of likely N-dealkylation sites (tertiary alicyclic amines) is 1. The lowest BCUT2D eigenvalue weighted by Gasteiger charge is -2.34. The van der Waals surface area contributed by atoms with Gasteiger partial charge in [-0.2, -0.15) is 0 Å². The number of pyridine rings is 1. The van der Waals surface area contributed by atoms with Gasteiger partial charge in [0, 0.05) is 29.6 Å². The molecule has 0 bridgehead atoms. The van der Waals surface area contributed by atoms with Crippen LogP contribution in [0.5, 0.6) is 0 Å². The maximum absolute atomic E-state index is 13.6. The van der Waals surface area contributed by atoms with Crippen LogP contribution in [0.3, 0.4) is 0 Å². The number of hydrogen-bond acceptors (Lipinski definition) is 3. The van der Waals surface area contributed by atoms with Crippen molar-refractivity contribution in [1.82, 2.24) is 9.88 Å². The molecule has 32 heavy (non-hydrogen) atoms. The molecule has 2 atom stereocenters. The van der Waals surface area contributed by atoms with E-state index in [0.717, 1.165) is 17.7 Å². The summed E-state index contributed by atoms with van der Waals surface area (Å²) in [5, 5.41) is 3.04. The Balaban J connectivity index is 1.56. The molecule has 1 fully saturated rings. The first-order valence-corrected chi connectivity index (χ1v) is 11.0. The highest BCUT2D eigenvalue weighted by atomic mass is 16.2. The minimum atomic E-state index is -0.780. The molecule has 0 aliphatic carbocycles. The first-order valence-electron chi connectivity index (χ1n) is 11.0. The molecule has 3 aromatic rings. The zero-order valence-corrected chi connectivity index (χ0v) is 17.9. The van der Waals surface area contributed by atoms with Gasteiger partial charge in [-0.05, 0) is 49.4 Å². The second-order valence-electron chi connectivity index (χ2n) is 8.68. The first kappa shape index (κ1) is 20.2.